The SMILES string of the molecule is CC(=O)Nc1cccc([C@@H]2CNC[C@]23CCCCC(=O)N3)c1. The van der Waals surface area contributed by atoms with Crippen molar-refractivity contribution < 1.29 is 9.59 Å². The van der Waals surface area contributed by atoms with Crippen LogP contribution in [0.4, 0.5) is 5.69 Å². The second-order valence-electron chi connectivity index (χ2n) is 6.40. The van der Waals surface area contributed by atoms with Crippen LogP contribution in [-0.2, 0) is 9.59 Å². The molecular weight excluding hydrogens is 278 g/mol. The Bertz CT molecular complexity index is 587. The summed E-state index contributed by atoms with van der Waals surface area (Å²) >= 11 is 0. The first-order chi connectivity index (χ1) is 10.6. The van der Waals surface area contributed by atoms with Gasteiger partial charge in [0.1, 0.15) is 0 Å². The van der Waals surface area contributed by atoms with Crippen molar-refractivity contribution in [2.24, 2.45) is 0 Å². The first-order valence-corrected chi connectivity index (χ1v) is 7.98. The van der Waals surface area contributed by atoms with Crippen molar-refractivity contribution in [3.63, 3.8) is 0 Å². The molecule has 2 atom stereocenters. The molecule has 22 heavy (non-hydrogen) atoms. The molecule has 2 saturated heterocycles. The zero-order valence-corrected chi connectivity index (χ0v) is 12.9. The van der Waals surface area contributed by atoms with Crippen molar-refractivity contribution in [1.82, 2.24) is 10.6 Å². The van der Waals surface area contributed by atoms with E-state index in [1.54, 1.807) is 0 Å². The van der Waals surface area contributed by atoms with Gasteiger partial charge in [0, 0.05) is 38.0 Å². The molecule has 0 unspecified atom stereocenters. The third-order valence-electron chi connectivity index (χ3n) is 4.73. The Kier molecular flexibility index (Phi) is 4.16. The molecule has 3 rings (SSSR count). The van der Waals surface area contributed by atoms with Crippen molar-refractivity contribution >= 4 is 17.5 Å². The fourth-order valence-electron chi connectivity index (χ4n) is 3.75. The highest BCUT2D eigenvalue weighted by atomic mass is 16.2. The van der Waals surface area contributed by atoms with E-state index in [0.717, 1.165) is 38.0 Å². The number of hydrogen-bond acceptors (Lipinski definition) is 3. The monoisotopic (exact) mass is 301 g/mol. The average Bonchev–Trinajstić information content (AvgIpc) is 2.76. The molecule has 0 bridgehead atoms. The number of carbonyl (C=O) groups is 2. The van der Waals surface area contributed by atoms with E-state index in [9.17, 15) is 9.59 Å². The molecule has 0 radical (unpaired) electrons. The van der Waals surface area contributed by atoms with Crippen molar-refractivity contribution in [2.75, 3.05) is 18.4 Å². The molecule has 2 amide bonds. The topological polar surface area (TPSA) is 70.2 Å². The quantitative estimate of drug-likeness (QED) is 0.779. The van der Waals surface area contributed by atoms with Crippen molar-refractivity contribution in [2.45, 2.75) is 44.1 Å². The molecule has 2 aliphatic heterocycles. The van der Waals surface area contributed by atoms with Gasteiger partial charge in [0.2, 0.25) is 11.8 Å². The van der Waals surface area contributed by atoms with E-state index in [-0.39, 0.29) is 23.3 Å². The lowest BCUT2D eigenvalue weighted by Crippen LogP contribution is -2.52. The standard InChI is InChI=1S/C17H23N3O2/c1-12(21)19-14-6-4-5-13(9-14)15-10-18-11-17(15)8-3-2-7-16(22)20-17/h4-6,9,15,18H,2-3,7-8,10-11H2,1H3,(H,19,21)(H,20,22)/t15-,17+/m0/s1. The van der Waals surface area contributed by atoms with Gasteiger partial charge in [-0.15, -0.1) is 0 Å². The van der Waals surface area contributed by atoms with Crippen LogP contribution in [0.15, 0.2) is 24.3 Å². The number of amides is 2. The van der Waals surface area contributed by atoms with Gasteiger partial charge in [-0.25, -0.2) is 0 Å². The molecule has 1 aromatic rings. The summed E-state index contributed by atoms with van der Waals surface area (Å²) in [5.41, 5.74) is 1.79. The minimum Gasteiger partial charge on any atom is -0.349 e. The van der Waals surface area contributed by atoms with Gasteiger partial charge in [-0.05, 0) is 30.5 Å². The maximum absolute atomic E-state index is 12.0. The van der Waals surface area contributed by atoms with Crippen LogP contribution in [0.5, 0.6) is 0 Å². The molecule has 2 aliphatic rings. The molecular formula is C17H23N3O2. The van der Waals surface area contributed by atoms with E-state index in [0.29, 0.717) is 6.42 Å². The summed E-state index contributed by atoms with van der Waals surface area (Å²) in [6, 6.07) is 7.97. The maximum atomic E-state index is 12.0. The van der Waals surface area contributed by atoms with Crippen LogP contribution in [-0.4, -0.2) is 30.4 Å². The van der Waals surface area contributed by atoms with Crippen LogP contribution in [0.25, 0.3) is 0 Å². The minimum absolute atomic E-state index is 0.0702. The molecule has 5 nitrogen and oxygen atoms in total. The highest BCUT2D eigenvalue weighted by Crippen LogP contribution is 2.38. The van der Waals surface area contributed by atoms with Gasteiger partial charge in [0.05, 0.1) is 5.54 Å². The molecule has 1 spiro atoms. The summed E-state index contributed by atoms with van der Waals surface area (Å²) in [7, 11) is 0. The van der Waals surface area contributed by atoms with Gasteiger partial charge in [-0.3, -0.25) is 9.59 Å². The highest BCUT2D eigenvalue weighted by Gasteiger charge is 2.45. The van der Waals surface area contributed by atoms with Gasteiger partial charge in [0.15, 0.2) is 0 Å². The lowest BCUT2D eigenvalue weighted by Gasteiger charge is -2.35. The summed E-state index contributed by atoms with van der Waals surface area (Å²) in [5, 5.41) is 9.55. The Morgan fingerprint density at radius 3 is 3.05 bits per heavy atom. The van der Waals surface area contributed by atoms with E-state index in [4.69, 9.17) is 0 Å². The average molecular weight is 301 g/mol. The van der Waals surface area contributed by atoms with Crippen molar-refractivity contribution in [3.8, 4) is 0 Å². The second kappa shape index (κ2) is 6.08. The predicted molar refractivity (Wildman–Crippen MR) is 85.7 cm³/mol. The first kappa shape index (κ1) is 15.0. The molecule has 2 fully saturated rings. The van der Waals surface area contributed by atoms with Crippen LogP contribution < -0.4 is 16.0 Å². The van der Waals surface area contributed by atoms with E-state index in [2.05, 4.69) is 22.0 Å². The lowest BCUT2D eigenvalue weighted by atomic mass is 9.79. The van der Waals surface area contributed by atoms with Gasteiger partial charge in [0.25, 0.3) is 0 Å². The van der Waals surface area contributed by atoms with Crippen molar-refractivity contribution in [3.05, 3.63) is 29.8 Å². The number of anilines is 1. The summed E-state index contributed by atoms with van der Waals surface area (Å²) in [4.78, 5) is 23.3. The Labute approximate surface area is 130 Å². The smallest absolute Gasteiger partial charge is 0.221 e. The summed E-state index contributed by atoms with van der Waals surface area (Å²) < 4.78 is 0. The van der Waals surface area contributed by atoms with Gasteiger partial charge in [-0.2, -0.15) is 0 Å². The van der Waals surface area contributed by atoms with E-state index >= 15 is 0 Å². The lowest BCUT2D eigenvalue weighted by molar-refractivity contribution is -0.122. The number of hydrogen-bond donors (Lipinski definition) is 3. The number of benzene rings is 1. The zero-order chi connectivity index (χ0) is 15.6. The summed E-state index contributed by atoms with van der Waals surface area (Å²) in [6.07, 6.45) is 3.66. The van der Waals surface area contributed by atoms with Crippen LogP contribution >= 0.6 is 0 Å². The first-order valence-electron chi connectivity index (χ1n) is 7.98. The third kappa shape index (κ3) is 2.99. The Hall–Kier alpha value is -1.88. The van der Waals surface area contributed by atoms with Gasteiger partial charge in [-0.1, -0.05) is 18.6 Å². The summed E-state index contributed by atoms with van der Waals surface area (Å²) in [6.45, 7) is 3.17. The highest BCUT2D eigenvalue weighted by molar-refractivity contribution is 5.88. The largest absolute Gasteiger partial charge is 0.349 e. The molecule has 2 heterocycles. The zero-order valence-electron chi connectivity index (χ0n) is 12.9. The van der Waals surface area contributed by atoms with E-state index in [1.165, 1.54) is 12.5 Å². The molecule has 0 aromatic heterocycles. The fraction of sp³-hybridized carbons (Fsp3) is 0.529. The number of carbonyl (C=O) groups excluding carboxylic acids is 2. The van der Waals surface area contributed by atoms with Crippen LogP contribution in [0, 0.1) is 0 Å². The van der Waals surface area contributed by atoms with Crippen LogP contribution in [0.1, 0.15) is 44.1 Å². The number of nitrogens with one attached hydrogen (secondary N) is 3. The van der Waals surface area contributed by atoms with Crippen molar-refractivity contribution in [1.29, 1.82) is 0 Å². The molecule has 1 aromatic carbocycles. The van der Waals surface area contributed by atoms with Crippen LogP contribution in [0.2, 0.25) is 0 Å². The van der Waals surface area contributed by atoms with Crippen LogP contribution in [0.3, 0.4) is 0 Å². The predicted octanol–water partition coefficient (Wildman–Crippen LogP) is 1.76. The third-order valence-corrected chi connectivity index (χ3v) is 4.73. The number of rotatable bonds is 2. The maximum Gasteiger partial charge on any atom is 0.221 e. The fourth-order valence-corrected chi connectivity index (χ4v) is 3.75. The Balaban J connectivity index is 1.89. The normalized spacial score (nSPS) is 28.2. The molecule has 0 aliphatic carbocycles. The molecule has 5 heteroatoms. The van der Waals surface area contributed by atoms with Gasteiger partial charge >= 0.3 is 0 Å². The van der Waals surface area contributed by atoms with Gasteiger partial charge < -0.3 is 16.0 Å². The molecule has 3 N–H and O–H groups in total. The summed E-state index contributed by atoms with van der Waals surface area (Å²) in [5.74, 6) is 0.326. The Morgan fingerprint density at radius 1 is 1.36 bits per heavy atom. The Morgan fingerprint density at radius 2 is 2.23 bits per heavy atom. The second-order valence-corrected chi connectivity index (χ2v) is 6.40. The minimum atomic E-state index is -0.192. The van der Waals surface area contributed by atoms with E-state index in [1.807, 2.05) is 18.2 Å². The molecule has 118 valence electrons. The van der Waals surface area contributed by atoms with E-state index < -0.39 is 0 Å². The molecule has 0 saturated carbocycles.